The molecule has 30 heteroatoms. The molecule has 8 aromatic heterocycles. The number of thiophene rings is 1. The Hall–Kier alpha value is -11.6. The summed E-state index contributed by atoms with van der Waals surface area (Å²) in [6.45, 7) is 16.3. The predicted molar refractivity (Wildman–Crippen MR) is 487 cm³/mol. The van der Waals surface area contributed by atoms with Gasteiger partial charge in [0.25, 0.3) is 0 Å². The number of benzene rings is 7. The van der Waals surface area contributed by atoms with Crippen molar-refractivity contribution in [2.45, 2.75) is 76.2 Å². The Kier molecular flexibility index (Phi) is 67.2. The van der Waals surface area contributed by atoms with Gasteiger partial charge in [0.05, 0.1) is 28.8 Å². The molecule has 15 rings (SSSR count). The average Bonchev–Trinajstić information content (AvgIpc) is 1.62. The number of carboxylic acids is 1. The number of nitrogens with zero attached hydrogens (tertiary/aromatic N) is 7. The number of halogens is 4. The second-order valence-electron chi connectivity index (χ2n) is 26.0. The van der Waals surface area contributed by atoms with Gasteiger partial charge in [-0.2, -0.15) is 0 Å². The summed E-state index contributed by atoms with van der Waals surface area (Å²) in [5, 5.41) is 54.8. The molecule has 0 aliphatic heterocycles. The van der Waals surface area contributed by atoms with Crippen molar-refractivity contribution in [1.29, 1.82) is 0 Å². The Morgan fingerprint density at radius 1 is 0.333 bits per heavy atom. The fourth-order valence-corrected chi connectivity index (χ4v) is 10.8. The molecule has 0 unspecified atom stereocenters. The van der Waals surface area contributed by atoms with Gasteiger partial charge in [0, 0.05) is 229 Å². The smallest absolute Gasteiger partial charge is 0.354 e. The van der Waals surface area contributed by atoms with Crippen molar-refractivity contribution in [1.82, 2.24) is 34.9 Å². The quantitative estimate of drug-likeness (QED) is 0.0230. The monoisotopic (exact) mass is 2880 g/mol. The number of ketones is 5. The number of fused-ring (bicyclic) bond motifs is 4. The first-order valence-corrected chi connectivity index (χ1v) is 38.9. The number of aryl methyl sites for hydroxylation is 1. The molecule has 0 aliphatic carbocycles. The number of carboxylic acid groups (broad SMARTS) is 1. The molecule has 132 heavy (non-hydrogen) atoms. The van der Waals surface area contributed by atoms with Crippen molar-refractivity contribution in [3.05, 3.63) is 416 Å². The molecule has 0 spiro atoms. The topological polar surface area (TPSA) is 314 Å². The van der Waals surface area contributed by atoms with E-state index >= 15 is 0 Å². The molecule has 6 N–H and O–H groups in total. The number of aliphatic hydroxyl groups is 5. The maximum absolute atomic E-state index is 13.2. The normalized spacial score (nSPS) is 10.0. The molecular formula is C102H91F4N7O12Pt6S-6. The summed E-state index contributed by atoms with van der Waals surface area (Å²) in [7, 11) is 0. The average molecular weight is 2890 g/mol. The Balaban J connectivity index is -0.00000139. The van der Waals surface area contributed by atoms with Crippen molar-refractivity contribution in [3.63, 3.8) is 0 Å². The van der Waals surface area contributed by atoms with Crippen LogP contribution in [0, 0.1) is 66.6 Å². The van der Waals surface area contributed by atoms with Crippen molar-refractivity contribution in [3.8, 4) is 55.6 Å². The standard InChI is InChI=1S/C13H8NS.C13H8N.C12H10N.2C11H6F2N.C11H8N.C6H5NO2.5C5H8O2.6Pt/c1-2-7-12-10(5-1)9-13(15-12)11-6-3-4-8-14-11;1-2-6-12-10(4-1)7-8-11-5-3-9-14-13(11)12;1-10-5-7-11(8-6-10)12-4-2-3-9-13-12;2*12-8-4-5-9(10(13)7-8)11-3-1-2-6-14-11;1-2-6-10(7-3-1)11-8-4-5-9-12-11;8-6(9)5-3-1-2-4-7-5;5*1-4(6)3-5(2)7;;;;;;/h1-8H;1-5,7-9H;2-7,9H,1H3;2*1-4,6-7H;1-6,8-9H;1-4H,(H,8,9);5*3,6H,1-2H3;;;;;;/q6*-1;;;;;;;;;;;;. The van der Waals surface area contributed by atoms with E-state index in [9.17, 15) is 46.3 Å². The molecule has 15 aromatic rings. The van der Waals surface area contributed by atoms with E-state index in [0.717, 1.165) is 68.3 Å². The van der Waals surface area contributed by atoms with Crippen LogP contribution in [-0.4, -0.2) is 100 Å². The summed E-state index contributed by atoms with van der Waals surface area (Å²) < 4.78 is 52.9. The first-order chi connectivity index (χ1) is 60.2. The second-order valence-corrected chi connectivity index (χ2v) is 27.1. The maximum Gasteiger partial charge on any atom is 0.354 e. The third kappa shape index (κ3) is 53.7. The van der Waals surface area contributed by atoms with E-state index < -0.39 is 29.2 Å². The SMILES string of the molecule is CC(=O)C=C(C)O.CC(=O)C=C(C)O.CC(=O)C=C(C)O.CC(=O)C=C(C)O.CC(=O)C=C(C)O.Cc1c[c-]c(-c2ccccn2)cc1.Fc1c[c-]c(-c2ccccn2)c(F)c1.Fc1c[c-]c(-c2ccccn2)c(F)c1.O=C(O)c1ccccn1.[Pt].[Pt].[Pt].[Pt].[Pt].[Pt].[c-]1c(-c2ccccn2)sc2ccccc12.[c-]1cccc2ccc3cccnc3c12.[c-]1ccccc1-c1ccccn1. The van der Waals surface area contributed by atoms with Gasteiger partial charge in [0.2, 0.25) is 0 Å². The van der Waals surface area contributed by atoms with Gasteiger partial charge in [0.1, 0.15) is 5.69 Å². The van der Waals surface area contributed by atoms with E-state index in [4.69, 9.17) is 30.6 Å². The van der Waals surface area contributed by atoms with E-state index in [2.05, 4.69) is 127 Å². The molecule has 0 aliphatic rings. The van der Waals surface area contributed by atoms with Gasteiger partial charge < -0.3 is 60.5 Å². The van der Waals surface area contributed by atoms with Gasteiger partial charge in [-0.1, -0.05) is 127 Å². The summed E-state index contributed by atoms with van der Waals surface area (Å²) in [4.78, 5) is 90.0. The number of carbonyl (C=O) groups excluding carboxylic acids is 5. The van der Waals surface area contributed by atoms with Crippen molar-refractivity contribution in [2.24, 2.45) is 0 Å². The van der Waals surface area contributed by atoms with Gasteiger partial charge in [-0.05, 0) is 161 Å². The molecule has 19 nitrogen and oxygen atoms in total. The number of aromatic carboxylic acids is 1. The number of allylic oxidation sites excluding steroid dienone is 10. The number of rotatable bonds is 11. The number of hydrogen-bond donors (Lipinski definition) is 6. The largest absolute Gasteiger partial charge is 0.512 e. The van der Waals surface area contributed by atoms with Crippen LogP contribution < -0.4 is 0 Å². The molecule has 0 amide bonds. The number of carbonyl (C=O) groups is 6. The Bertz CT molecular complexity index is 5680. The van der Waals surface area contributed by atoms with Crippen LogP contribution in [-0.2, 0) is 150 Å². The number of aliphatic hydroxyl groups excluding tert-OH is 5. The van der Waals surface area contributed by atoms with Crippen LogP contribution in [0.4, 0.5) is 17.6 Å². The van der Waals surface area contributed by atoms with Gasteiger partial charge in [0.15, 0.2) is 28.9 Å². The third-order valence-corrected chi connectivity index (χ3v) is 15.8. The first kappa shape index (κ1) is 125. The van der Waals surface area contributed by atoms with Gasteiger partial charge in [-0.25, -0.2) is 21.1 Å². The predicted octanol–water partition coefficient (Wildman–Crippen LogP) is 24.0. The Morgan fingerprint density at radius 2 is 0.697 bits per heavy atom. The van der Waals surface area contributed by atoms with Crippen LogP contribution in [0.2, 0.25) is 0 Å². The minimum atomic E-state index is -0.990. The summed E-state index contributed by atoms with van der Waals surface area (Å²) in [6.07, 6.45) is 17.6. The van der Waals surface area contributed by atoms with Gasteiger partial charge in [-0.15, -0.1) is 154 Å². The van der Waals surface area contributed by atoms with Crippen LogP contribution in [0.3, 0.4) is 0 Å². The van der Waals surface area contributed by atoms with E-state index in [1.165, 1.54) is 138 Å². The van der Waals surface area contributed by atoms with E-state index in [0.29, 0.717) is 11.4 Å². The third-order valence-electron chi connectivity index (χ3n) is 14.7. The molecule has 0 radical (unpaired) electrons. The summed E-state index contributed by atoms with van der Waals surface area (Å²) in [5.41, 5.74) is 8.64. The zero-order chi connectivity index (χ0) is 92.7. The molecule has 0 bridgehead atoms. The van der Waals surface area contributed by atoms with Crippen LogP contribution in [0.1, 0.15) is 85.3 Å². The molecule has 0 atom stereocenters. The van der Waals surface area contributed by atoms with E-state index in [1.54, 1.807) is 84.7 Å². The molecular weight excluding hydrogens is 2790 g/mol. The Labute approximate surface area is 855 Å². The molecule has 0 fully saturated rings. The zero-order valence-corrected chi connectivity index (χ0v) is 87.1. The zero-order valence-electron chi connectivity index (χ0n) is 72.6. The maximum atomic E-state index is 13.2. The van der Waals surface area contributed by atoms with Crippen LogP contribution in [0.25, 0.3) is 87.4 Å². The summed E-state index contributed by atoms with van der Waals surface area (Å²) in [6, 6.07) is 90.8. The Morgan fingerprint density at radius 3 is 1.04 bits per heavy atom. The van der Waals surface area contributed by atoms with Crippen molar-refractivity contribution < 1.29 is 203 Å². The fourth-order valence-electron chi connectivity index (χ4n) is 9.79. The number of hydrogen-bond acceptors (Lipinski definition) is 19. The van der Waals surface area contributed by atoms with Crippen LogP contribution >= 0.6 is 11.3 Å². The molecule has 0 saturated heterocycles. The minimum Gasteiger partial charge on any atom is -0.512 e. The van der Waals surface area contributed by atoms with Crippen molar-refractivity contribution in [2.75, 3.05) is 0 Å². The number of aromatic nitrogens is 7. The molecule has 0 saturated carbocycles. The van der Waals surface area contributed by atoms with Crippen LogP contribution in [0.5, 0.6) is 0 Å². The summed E-state index contributed by atoms with van der Waals surface area (Å²) in [5.74, 6) is -3.88. The molecule has 706 valence electrons. The van der Waals surface area contributed by atoms with E-state index in [-0.39, 0.29) is 201 Å². The van der Waals surface area contributed by atoms with Gasteiger partial charge in [-0.3, -0.25) is 41.5 Å². The molecule has 8 heterocycles. The number of pyridine rings is 7. The first-order valence-electron chi connectivity index (χ1n) is 38.0. The van der Waals surface area contributed by atoms with Crippen LogP contribution in [0.15, 0.2) is 345 Å². The van der Waals surface area contributed by atoms with Crippen molar-refractivity contribution >= 4 is 78.0 Å². The second kappa shape index (κ2) is 71.2. The molecule has 7 aromatic carbocycles. The fraction of sp³-hybridized carbons (Fsp3) is 0.108. The van der Waals surface area contributed by atoms with E-state index in [1.807, 2.05) is 128 Å². The summed E-state index contributed by atoms with van der Waals surface area (Å²) >= 11 is 1.73. The minimum absolute atomic E-state index is 0. The van der Waals surface area contributed by atoms with Gasteiger partial charge >= 0.3 is 5.97 Å².